The third kappa shape index (κ3) is 2.48. The highest BCUT2D eigenvalue weighted by molar-refractivity contribution is 14.1. The van der Waals surface area contributed by atoms with Gasteiger partial charge in [-0.05, 0) is 17.7 Å². The summed E-state index contributed by atoms with van der Waals surface area (Å²) in [4.78, 5) is 0. The van der Waals surface area contributed by atoms with Gasteiger partial charge < -0.3 is 0 Å². The lowest BCUT2D eigenvalue weighted by Crippen LogP contribution is -1.96. The standard InChI is InChI=1S/C8H7IN2/c9-11-6-8-3-1-7(5-10)2-4-8/h1-4,11H,6H2. The van der Waals surface area contributed by atoms with Crippen molar-refractivity contribution in [2.75, 3.05) is 0 Å². The van der Waals surface area contributed by atoms with Crippen LogP contribution >= 0.6 is 22.9 Å². The first-order chi connectivity index (χ1) is 5.36. The summed E-state index contributed by atoms with van der Waals surface area (Å²) in [5.74, 6) is 0. The van der Waals surface area contributed by atoms with Gasteiger partial charge in [0.1, 0.15) is 0 Å². The van der Waals surface area contributed by atoms with Gasteiger partial charge in [-0.3, -0.25) is 3.53 Å². The van der Waals surface area contributed by atoms with Crippen LogP contribution in [0.2, 0.25) is 0 Å². The molecule has 2 nitrogen and oxygen atoms in total. The second-order valence-corrected chi connectivity index (χ2v) is 2.88. The van der Waals surface area contributed by atoms with Gasteiger partial charge in [-0.15, -0.1) is 0 Å². The molecule has 1 aromatic rings. The molecule has 0 spiro atoms. The van der Waals surface area contributed by atoms with Gasteiger partial charge in [0.05, 0.1) is 11.6 Å². The Kier molecular flexibility index (Phi) is 3.33. The van der Waals surface area contributed by atoms with E-state index in [9.17, 15) is 0 Å². The van der Waals surface area contributed by atoms with E-state index in [-0.39, 0.29) is 0 Å². The fourth-order valence-corrected chi connectivity index (χ4v) is 1.21. The summed E-state index contributed by atoms with van der Waals surface area (Å²) in [5.41, 5.74) is 1.90. The molecule has 0 radical (unpaired) electrons. The third-order valence-electron chi connectivity index (χ3n) is 1.35. The molecule has 0 saturated carbocycles. The number of nitriles is 1. The SMILES string of the molecule is N#Cc1ccc(CNI)cc1. The molecule has 0 bridgehead atoms. The number of nitrogens with one attached hydrogen (secondary N) is 1. The summed E-state index contributed by atoms with van der Waals surface area (Å²) in [6.07, 6.45) is 0. The fourth-order valence-electron chi connectivity index (χ4n) is 0.774. The zero-order valence-electron chi connectivity index (χ0n) is 5.84. The first kappa shape index (κ1) is 8.50. The van der Waals surface area contributed by atoms with Crippen LogP contribution < -0.4 is 3.53 Å². The molecule has 0 aliphatic carbocycles. The van der Waals surface area contributed by atoms with Gasteiger partial charge in [-0.1, -0.05) is 12.1 Å². The van der Waals surface area contributed by atoms with E-state index in [1.807, 2.05) is 24.3 Å². The largest absolute Gasteiger partial charge is 0.257 e. The molecular weight excluding hydrogens is 251 g/mol. The molecule has 1 aromatic carbocycles. The molecule has 0 saturated heterocycles. The zero-order valence-corrected chi connectivity index (χ0v) is 8.00. The van der Waals surface area contributed by atoms with Crippen LogP contribution in [0.4, 0.5) is 0 Å². The van der Waals surface area contributed by atoms with Crippen molar-refractivity contribution in [3.63, 3.8) is 0 Å². The van der Waals surface area contributed by atoms with Crippen LogP contribution in [0, 0.1) is 11.3 Å². The Morgan fingerprint density at radius 3 is 2.45 bits per heavy atom. The number of halogens is 1. The van der Waals surface area contributed by atoms with Gasteiger partial charge in [0.15, 0.2) is 0 Å². The molecule has 11 heavy (non-hydrogen) atoms. The average molecular weight is 258 g/mol. The van der Waals surface area contributed by atoms with E-state index in [2.05, 4.69) is 32.5 Å². The number of rotatable bonds is 2. The van der Waals surface area contributed by atoms with Crippen LogP contribution in [0.3, 0.4) is 0 Å². The van der Waals surface area contributed by atoms with Gasteiger partial charge in [0.25, 0.3) is 0 Å². The minimum atomic E-state index is 0.710. The van der Waals surface area contributed by atoms with Gasteiger partial charge in [0, 0.05) is 29.4 Å². The molecule has 0 aliphatic heterocycles. The van der Waals surface area contributed by atoms with Crippen LogP contribution in [0.1, 0.15) is 11.1 Å². The lowest BCUT2D eigenvalue weighted by Gasteiger charge is -1.96. The molecule has 1 N–H and O–H groups in total. The number of benzene rings is 1. The van der Waals surface area contributed by atoms with Gasteiger partial charge >= 0.3 is 0 Å². The second-order valence-electron chi connectivity index (χ2n) is 2.12. The Balaban J connectivity index is 2.76. The first-order valence-corrected chi connectivity index (χ1v) is 4.27. The average Bonchev–Trinajstić information content (AvgIpc) is 2.07. The van der Waals surface area contributed by atoms with Crippen molar-refractivity contribution in [2.24, 2.45) is 0 Å². The normalized spacial score (nSPS) is 9.09. The first-order valence-electron chi connectivity index (χ1n) is 3.19. The van der Waals surface area contributed by atoms with E-state index >= 15 is 0 Å². The summed E-state index contributed by atoms with van der Waals surface area (Å²) in [6, 6.07) is 9.62. The van der Waals surface area contributed by atoms with E-state index in [4.69, 9.17) is 5.26 Å². The highest BCUT2D eigenvalue weighted by Crippen LogP contribution is 2.02. The minimum Gasteiger partial charge on any atom is -0.257 e. The summed E-state index contributed by atoms with van der Waals surface area (Å²) < 4.78 is 3.01. The molecule has 56 valence electrons. The highest BCUT2D eigenvalue weighted by Gasteiger charge is 1.90. The maximum absolute atomic E-state index is 8.49. The highest BCUT2D eigenvalue weighted by atomic mass is 127. The predicted octanol–water partition coefficient (Wildman–Crippen LogP) is 2.00. The molecule has 0 aromatic heterocycles. The Morgan fingerprint density at radius 1 is 1.36 bits per heavy atom. The van der Waals surface area contributed by atoms with Gasteiger partial charge in [-0.2, -0.15) is 5.26 Å². The quantitative estimate of drug-likeness (QED) is 0.650. The van der Waals surface area contributed by atoms with Crippen molar-refractivity contribution >= 4 is 22.9 Å². The third-order valence-corrected chi connectivity index (χ3v) is 1.74. The molecule has 0 atom stereocenters. The van der Waals surface area contributed by atoms with Gasteiger partial charge in [0.2, 0.25) is 0 Å². The van der Waals surface area contributed by atoms with Crippen LogP contribution in [-0.2, 0) is 6.54 Å². The maximum atomic E-state index is 8.49. The molecule has 1 rings (SSSR count). The summed E-state index contributed by atoms with van der Waals surface area (Å²) >= 11 is 2.09. The minimum absolute atomic E-state index is 0.710. The topological polar surface area (TPSA) is 35.8 Å². The Labute approximate surface area is 79.7 Å². The molecule has 0 fully saturated rings. The molecule has 0 aliphatic rings. The van der Waals surface area contributed by atoms with E-state index in [0.29, 0.717) is 5.56 Å². The van der Waals surface area contributed by atoms with E-state index in [1.54, 1.807) is 0 Å². The van der Waals surface area contributed by atoms with Crippen molar-refractivity contribution in [3.05, 3.63) is 35.4 Å². The number of hydrogen-bond acceptors (Lipinski definition) is 2. The lowest BCUT2D eigenvalue weighted by atomic mass is 10.1. The molecule has 0 unspecified atom stereocenters. The predicted molar refractivity (Wildman–Crippen MR) is 52.0 cm³/mol. The lowest BCUT2D eigenvalue weighted by molar-refractivity contribution is 1.01. The summed E-state index contributed by atoms with van der Waals surface area (Å²) in [6.45, 7) is 0.840. The van der Waals surface area contributed by atoms with Crippen molar-refractivity contribution in [3.8, 4) is 6.07 Å². The fraction of sp³-hybridized carbons (Fsp3) is 0.125. The maximum Gasteiger partial charge on any atom is 0.0991 e. The van der Waals surface area contributed by atoms with Crippen LogP contribution in [0.5, 0.6) is 0 Å². The number of hydrogen-bond donors (Lipinski definition) is 1. The zero-order chi connectivity index (χ0) is 8.10. The monoisotopic (exact) mass is 258 g/mol. The smallest absolute Gasteiger partial charge is 0.0991 e. The van der Waals surface area contributed by atoms with Crippen LogP contribution in [-0.4, -0.2) is 0 Å². The van der Waals surface area contributed by atoms with Crippen LogP contribution in [0.25, 0.3) is 0 Å². The van der Waals surface area contributed by atoms with Crippen molar-refractivity contribution in [1.82, 2.24) is 3.53 Å². The second kappa shape index (κ2) is 4.31. The molecule has 3 heteroatoms. The van der Waals surface area contributed by atoms with Crippen molar-refractivity contribution in [2.45, 2.75) is 6.54 Å². The van der Waals surface area contributed by atoms with E-state index in [1.165, 1.54) is 5.56 Å². The summed E-state index contributed by atoms with van der Waals surface area (Å²) in [7, 11) is 0. The Hall–Kier alpha value is -0.600. The summed E-state index contributed by atoms with van der Waals surface area (Å²) in [5, 5.41) is 8.49. The van der Waals surface area contributed by atoms with Crippen molar-refractivity contribution in [1.29, 1.82) is 5.26 Å². The molecule has 0 heterocycles. The van der Waals surface area contributed by atoms with E-state index < -0.39 is 0 Å². The van der Waals surface area contributed by atoms with E-state index in [0.717, 1.165) is 6.54 Å². The molecular formula is C8H7IN2. The Morgan fingerprint density at radius 2 is 2.00 bits per heavy atom. The molecule has 0 amide bonds. The van der Waals surface area contributed by atoms with Crippen molar-refractivity contribution < 1.29 is 0 Å². The Bertz CT molecular complexity index is 260. The van der Waals surface area contributed by atoms with Crippen LogP contribution in [0.15, 0.2) is 24.3 Å². The number of nitrogens with zero attached hydrogens (tertiary/aromatic N) is 1. The van der Waals surface area contributed by atoms with Gasteiger partial charge in [-0.25, -0.2) is 0 Å².